The van der Waals surface area contributed by atoms with Crippen molar-refractivity contribution in [1.82, 2.24) is 0 Å². The Hall–Kier alpha value is -2.04. The van der Waals surface area contributed by atoms with E-state index in [1.54, 1.807) is 0 Å². The van der Waals surface area contributed by atoms with Crippen molar-refractivity contribution in [3.63, 3.8) is 0 Å². The summed E-state index contributed by atoms with van der Waals surface area (Å²) in [6.07, 6.45) is 0. The maximum atomic E-state index is 2.47. The first-order valence-corrected chi connectivity index (χ1v) is 10.3. The normalized spacial score (nSPS) is 11.3. The summed E-state index contributed by atoms with van der Waals surface area (Å²) >= 11 is 0. The fraction of sp³-hybridized carbons (Fsp3) is 0.174. The average molecular weight is 332 g/mol. The van der Waals surface area contributed by atoms with Crippen molar-refractivity contribution in [3.05, 3.63) is 89.5 Å². The third kappa shape index (κ3) is 2.66. The van der Waals surface area contributed by atoms with E-state index in [9.17, 15) is 0 Å². The minimum Gasteiger partial charge on any atom is -0.0773 e. The summed E-state index contributed by atoms with van der Waals surface area (Å²) in [4.78, 5) is 0. The Morgan fingerprint density at radius 1 is 0.542 bits per heavy atom. The minimum atomic E-state index is -1.77. The van der Waals surface area contributed by atoms with Crippen LogP contribution in [0.3, 0.4) is 0 Å². The molecule has 0 aliphatic heterocycles. The summed E-state index contributed by atoms with van der Waals surface area (Å²) in [5.41, 5.74) is 4.11. The predicted molar refractivity (Wildman–Crippen MR) is 111 cm³/mol. The van der Waals surface area contributed by atoms with Crippen LogP contribution in [0, 0.1) is 20.8 Å². The molecule has 0 radical (unpaired) electrons. The standard InChI is InChI=1S/C23H25P/c1-5-24(21-15-9-6-12-18(21)2,22-16-10-7-13-19(22)3)23-17-11-8-14-20(23)4/h5-17H,1-4H3. The van der Waals surface area contributed by atoms with E-state index in [4.69, 9.17) is 0 Å². The molecule has 0 amide bonds. The fourth-order valence-corrected chi connectivity index (χ4v) is 8.15. The molecular weight excluding hydrogens is 307 g/mol. The number of aryl methyl sites for hydroxylation is 3. The van der Waals surface area contributed by atoms with Gasteiger partial charge in [0.1, 0.15) is 0 Å². The number of hydrogen-bond donors (Lipinski definition) is 0. The van der Waals surface area contributed by atoms with Crippen LogP contribution in [-0.4, -0.2) is 5.80 Å². The summed E-state index contributed by atoms with van der Waals surface area (Å²) in [6, 6.07) is 26.6. The quantitative estimate of drug-likeness (QED) is 0.608. The average Bonchev–Trinajstić information content (AvgIpc) is 2.60. The van der Waals surface area contributed by atoms with Crippen LogP contribution in [0.4, 0.5) is 0 Å². The summed E-state index contributed by atoms with van der Waals surface area (Å²) < 4.78 is 0. The first-order valence-electron chi connectivity index (χ1n) is 8.49. The molecule has 1 heteroatoms. The molecule has 0 saturated carbocycles. The Kier molecular flexibility index (Phi) is 4.78. The van der Waals surface area contributed by atoms with Gasteiger partial charge in [0, 0.05) is 0 Å². The molecule has 0 saturated heterocycles. The largest absolute Gasteiger partial charge is 0.0773 e. The molecule has 3 aromatic rings. The van der Waals surface area contributed by atoms with Gasteiger partial charge in [0.15, 0.2) is 0 Å². The van der Waals surface area contributed by atoms with Crippen molar-refractivity contribution in [2.75, 3.05) is 0 Å². The van der Waals surface area contributed by atoms with E-state index >= 15 is 0 Å². The molecule has 0 nitrogen and oxygen atoms in total. The maximum absolute atomic E-state index is 2.47. The lowest BCUT2D eigenvalue weighted by Crippen LogP contribution is -2.30. The zero-order chi connectivity index (χ0) is 17.2. The van der Waals surface area contributed by atoms with Crippen LogP contribution in [0.2, 0.25) is 0 Å². The first kappa shape index (κ1) is 16.8. The monoisotopic (exact) mass is 332 g/mol. The molecule has 0 aliphatic carbocycles. The third-order valence-electron chi connectivity index (χ3n) is 4.87. The number of hydrogen-bond acceptors (Lipinski definition) is 0. The Balaban J connectivity index is 2.49. The van der Waals surface area contributed by atoms with Gasteiger partial charge in [-0.2, -0.15) is 0 Å². The minimum absolute atomic E-state index is 1.37. The third-order valence-corrected chi connectivity index (χ3v) is 9.43. The van der Waals surface area contributed by atoms with Gasteiger partial charge in [-0.05, 0) is 67.2 Å². The maximum Gasteiger partial charge on any atom is -0.0134 e. The SMILES string of the molecule is CC=P(c1ccccc1C)(c1ccccc1C)c1ccccc1C. The second-order valence-corrected chi connectivity index (χ2v) is 9.75. The lowest BCUT2D eigenvalue weighted by molar-refractivity contribution is 1.49. The van der Waals surface area contributed by atoms with Crippen LogP contribution in [0.25, 0.3) is 0 Å². The molecule has 0 aromatic heterocycles. The van der Waals surface area contributed by atoms with E-state index in [-0.39, 0.29) is 0 Å². The van der Waals surface area contributed by atoms with Crippen LogP contribution >= 0.6 is 6.89 Å². The fourth-order valence-electron chi connectivity index (χ4n) is 3.68. The number of benzene rings is 3. The van der Waals surface area contributed by atoms with Crippen molar-refractivity contribution >= 4 is 28.6 Å². The van der Waals surface area contributed by atoms with Crippen LogP contribution in [-0.2, 0) is 0 Å². The van der Waals surface area contributed by atoms with E-state index in [1.165, 1.54) is 32.6 Å². The van der Waals surface area contributed by atoms with Crippen molar-refractivity contribution in [2.45, 2.75) is 27.7 Å². The van der Waals surface area contributed by atoms with Gasteiger partial charge in [-0.25, -0.2) is 0 Å². The molecule has 3 aromatic carbocycles. The van der Waals surface area contributed by atoms with Gasteiger partial charge in [0.2, 0.25) is 0 Å². The smallest absolute Gasteiger partial charge is 0.0134 e. The molecule has 0 heterocycles. The van der Waals surface area contributed by atoms with Gasteiger partial charge in [0.25, 0.3) is 0 Å². The molecule has 0 aliphatic rings. The molecule has 0 spiro atoms. The van der Waals surface area contributed by atoms with Gasteiger partial charge in [-0.1, -0.05) is 78.6 Å². The molecule has 0 fully saturated rings. The van der Waals surface area contributed by atoms with E-state index in [2.05, 4.69) is 106 Å². The number of rotatable bonds is 3. The highest BCUT2D eigenvalue weighted by atomic mass is 31.2. The van der Waals surface area contributed by atoms with Crippen LogP contribution in [0.1, 0.15) is 23.6 Å². The topological polar surface area (TPSA) is 0 Å². The second-order valence-electron chi connectivity index (χ2n) is 6.34. The Morgan fingerprint density at radius 2 is 0.833 bits per heavy atom. The van der Waals surface area contributed by atoms with Crippen molar-refractivity contribution in [2.24, 2.45) is 0 Å². The Morgan fingerprint density at radius 3 is 1.08 bits per heavy atom. The zero-order valence-corrected chi connectivity index (χ0v) is 15.8. The molecule has 0 atom stereocenters. The molecule has 0 N–H and O–H groups in total. The predicted octanol–water partition coefficient (Wildman–Crippen LogP) is 4.73. The van der Waals surface area contributed by atoms with E-state index in [1.807, 2.05) is 0 Å². The van der Waals surface area contributed by atoms with Crippen LogP contribution < -0.4 is 15.9 Å². The van der Waals surface area contributed by atoms with Gasteiger partial charge in [-0.3, -0.25) is 0 Å². The van der Waals surface area contributed by atoms with Gasteiger partial charge >= 0.3 is 0 Å². The lowest BCUT2D eigenvalue weighted by Gasteiger charge is -2.32. The zero-order valence-electron chi connectivity index (χ0n) is 15.0. The highest BCUT2D eigenvalue weighted by Gasteiger charge is 2.27. The first-order chi connectivity index (χ1) is 11.6. The van der Waals surface area contributed by atoms with Crippen molar-refractivity contribution in [1.29, 1.82) is 0 Å². The summed E-state index contributed by atoms with van der Waals surface area (Å²) in [7, 11) is 0. The Labute approximate surface area is 146 Å². The molecule has 24 heavy (non-hydrogen) atoms. The van der Waals surface area contributed by atoms with E-state index in [0.717, 1.165) is 0 Å². The molecule has 3 rings (SSSR count). The van der Waals surface area contributed by atoms with E-state index in [0.29, 0.717) is 0 Å². The summed E-state index contributed by atoms with van der Waals surface area (Å²) in [6.45, 7) is 7.18. The van der Waals surface area contributed by atoms with Crippen LogP contribution in [0.15, 0.2) is 72.8 Å². The highest BCUT2D eigenvalue weighted by Crippen LogP contribution is 2.46. The summed E-state index contributed by atoms with van der Waals surface area (Å²) in [5.74, 6) is 2.47. The molecular formula is C23H25P. The highest BCUT2D eigenvalue weighted by molar-refractivity contribution is 7.94. The van der Waals surface area contributed by atoms with Gasteiger partial charge in [-0.15, -0.1) is 0 Å². The summed E-state index contributed by atoms with van der Waals surface area (Å²) in [5, 5.41) is 4.41. The van der Waals surface area contributed by atoms with E-state index < -0.39 is 6.89 Å². The lowest BCUT2D eigenvalue weighted by atomic mass is 10.2. The second kappa shape index (κ2) is 6.83. The van der Waals surface area contributed by atoms with Crippen LogP contribution in [0.5, 0.6) is 0 Å². The Bertz CT molecular complexity index is 801. The van der Waals surface area contributed by atoms with Crippen molar-refractivity contribution < 1.29 is 0 Å². The molecule has 0 bridgehead atoms. The molecule has 0 unspecified atom stereocenters. The van der Waals surface area contributed by atoms with Gasteiger partial charge < -0.3 is 0 Å². The molecule has 122 valence electrons. The van der Waals surface area contributed by atoms with Gasteiger partial charge in [0.05, 0.1) is 0 Å². The van der Waals surface area contributed by atoms with Crippen molar-refractivity contribution in [3.8, 4) is 0 Å².